The number of hydrogen-bond acceptors (Lipinski definition) is 2. The Morgan fingerprint density at radius 1 is 1.22 bits per heavy atom. The van der Waals surface area contributed by atoms with Crippen molar-refractivity contribution in [3.8, 4) is 11.5 Å². The Morgan fingerprint density at radius 2 is 1.94 bits per heavy atom. The van der Waals surface area contributed by atoms with Gasteiger partial charge in [-0.1, -0.05) is 32.1 Å². The van der Waals surface area contributed by atoms with Crippen molar-refractivity contribution in [2.75, 3.05) is 0 Å². The molecule has 0 atom stereocenters. The van der Waals surface area contributed by atoms with Gasteiger partial charge in [0.2, 0.25) is 0 Å². The van der Waals surface area contributed by atoms with Crippen molar-refractivity contribution in [2.45, 2.75) is 58.5 Å². The van der Waals surface area contributed by atoms with Crippen LogP contribution in [0.25, 0.3) is 0 Å². The number of hydrogen-bond donors (Lipinski definition) is 1. The fraction of sp³-hybridized carbons (Fsp3) is 0.625. The highest BCUT2D eigenvalue weighted by molar-refractivity contribution is 5.39. The molecule has 0 unspecified atom stereocenters. The van der Waals surface area contributed by atoms with Crippen molar-refractivity contribution in [3.05, 3.63) is 23.8 Å². The van der Waals surface area contributed by atoms with Gasteiger partial charge in [-0.25, -0.2) is 0 Å². The van der Waals surface area contributed by atoms with Crippen LogP contribution in [0, 0.1) is 5.92 Å². The summed E-state index contributed by atoms with van der Waals surface area (Å²) in [5.41, 5.74) is 1.04. The van der Waals surface area contributed by atoms with Crippen LogP contribution in [0.1, 0.15) is 51.5 Å². The Kier molecular flexibility index (Phi) is 4.51. The first-order valence-electron chi connectivity index (χ1n) is 7.13. The predicted molar refractivity (Wildman–Crippen MR) is 74.1 cm³/mol. The third-order valence-corrected chi connectivity index (χ3v) is 3.66. The number of phenolic OH excluding ortho intramolecular Hbond substituents is 1. The number of benzene rings is 1. The van der Waals surface area contributed by atoms with E-state index in [0.29, 0.717) is 5.75 Å². The lowest BCUT2D eigenvalue weighted by Gasteiger charge is -2.22. The van der Waals surface area contributed by atoms with Crippen molar-refractivity contribution < 1.29 is 9.84 Å². The standard InChI is InChI=1S/C16H24O2/c1-12(2)18-15-8-9-16(17)14(11-15)10-13-6-4-3-5-7-13/h8-9,11-13,17H,3-7,10H2,1-2H3. The van der Waals surface area contributed by atoms with Gasteiger partial charge in [-0.3, -0.25) is 0 Å². The van der Waals surface area contributed by atoms with Gasteiger partial charge in [0, 0.05) is 0 Å². The van der Waals surface area contributed by atoms with E-state index in [0.717, 1.165) is 23.7 Å². The summed E-state index contributed by atoms with van der Waals surface area (Å²) in [7, 11) is 0. The lowest BCUT2D eigenvalue weighted by molar-refractivity contribution is 0.241. The monoisotopic (exact) mass is 248 g/mol. The van der Waals surface area contributed by atoms with E-state index in [-0.39, 0.29) is 6.10 Å². The fourth-order valence-corrected chi connectivity index (χ4v) is 2.77. The molecule has 0 bridgehead atoms. The molecular formula is C16H24O2. The second-order valence-corrected chi connectivity index (χ2v) is 5.67. The molecule has 0 aliphatic heterocycles. The largest absolute Gasteiger partial charge is 0.508 e. The van der Waals surface area contributed by atoms with Crippen LogP contribution in [-0.4, -0.2) is 11.2 Å². The molecule has 1 aliphatic rings. The molecule has 1 aromatic carbocycles. The molecular weight excluding hydrogens is 224 g/mol. The third-order valence-electron chi connectivity index (χ3n) is 3.66. The van der Waals surface area contributed by atoms with Crippen LogP contribution in [0.15, 0.2) is 18.2 Å². The molecule has 0 spiro atoms. The van der Waals surface area contributed by atoms with Crippen LogP contribution in [0.4, 0.5) is 0 Å². The maximum absolute atomic E-state index is 9.94. The summed E-state index contributed by atoms with van der Waals surface area (Å²) >= 11 is 0. The summed E-state index contributed by atoms with van der Waals surface area (Å²) in [6.07, 6.45) is 7.82. The highest BCUT2D eigenvalue weighted by atomic mass is 16.5. The van der Waals surface area contributed by atoms with Gasteiger partial charge in [0.25, 0.3) is 0 Å². The lowest BCUT2D eigenvalue weighted by Crippen LogP contribution is -2.10. The maximum Gasteiger partial charge on any atom is 0.120 e. The highest BCUT2D eigenvalue weighted by Gasteiger charge is 2.16. The molecule has 1 fully saturated rings. The van der Waals surface area contributed by atoms with E-state index in [1.54, 1.807) is 6.07 Å². The Bertz CT molecular complexity index is 379. The lowest BCUT2D eigenvalue weighted by atomic mass is 9.84. The first-order chi connectivity index (χ1) is 8.65. The van der Waals surface area contributed by atoms with Crippen LogP contribution < -0.4 is 4.74 Å². The minimum atomic E-state index is 0.178. The molecule has 100 valence electrons. The van der Waals surface area contributed by atoms with Crippen LogP contribution in [0.3, 0.4) is 0 Å². The van der Waals surface area contributed by atoms with E-state index in [9.17, 15) is 5.11 Å². The van der Waals surface area contributed by atoms with Crippen molar-refractivity contribution in [1.29, 1.82) is 0 Å². The Labute approximate surface area is 110 Å². The number of aromatic hydroxyl groups is 1. The predicted octanol–water partition coefficient (Wildman–Crippen LogP) is 4.30. The van der Waals surface area contributed by atoms with Gasteiger partial charge in [0.05, 0.1) is 6.10 Å². The number of ether oxygens (including phenoxy) is 1. The smallest absolute Gasteiger partial charge is 0.120 e. The number of phenols is 1. The van der Waals surface area contributed by atoms with E-state index in [1.165, 1.54) is 32.1 Å². The van der Waals surface area contributed by atoms with Gasteiger partial charge >= 0.3 is 0 Å². The maximum atomic E-state index is 9.94. The summed E-state index contributed by atoms with van der Waals surface area (Å²) in [5, 5.41) is 9.94. The summed E-state index contributed by atoms with van der Waals surface area (Å²) in [5.74, 6) is 2.02. The van der Waals surface area contributed by atoms with Crippen LogP contribution in [-0.2, 0) is 6.42 Å². The van der Waals surface area contributed by atoms with Crippen molar-refractivity contribution in [3.63, 3.8) is 0 Å². The molecule has 1 N–H and O–H groups in total. The van der Waals surface area contributed by atoms with Gasteiger partial charge in [0.15, 0.2) is 0 Å². The van der Waals surface area contributed by atoms with E-state index in [2.05, 4.69) is 0 Å². The minimum Gasteiger partial charge on any atom is -0.508 e. The fourth-order valence-electron chi connectivity index (χ4n) is 2.77. The summed E-state index contributed by atoms with van der Waals surface area (Å²) in [6, 6.07) is 5.61. The molecule has 1 aliphatic carbocycles. The quantitative estimate of drug-likeness (QED) is 0.860. The third kappa shape index (κ3) is 3.66. The average Bonchev–Trinajstić information content (AvgIpc) is 2.34. The molecule has 18 heavy (non-hydrogen) atoms. The van der Waals surface area contributed by atoms with Crippen molar-refractivity contribution in [1.82, 2.24) is 0 Å². The zero-order valence-electron chi connectivity index (χ0n) is 11.5. The first kappa shape index (κ1) is 13.3. The molecule has 1 saturated carbocycles. The average molecular weight is 248 g/mol. The normalized spacial score (nSPS) is 17.1. The van der Waals surface area contributed by atoms with Crippen LogP contribution in [0.2, 0.25) is 0 Å². The van der Waals surface area contributed by atoms with E-state index < -0.39 is 0 Å². The van der Waals surface area contributed by atoms with Crippen LogP contribution in [0.5, 0.6) is 11.5 Å². The molecule has 0 heterocycles. The van der Waals surface area contributed by atoms with E-state index in [1.807, 2.05) is 26.0 Å². The topological polar surface area (TPSA) is 29.5 Å². The SMILES string of the molecule is CC(C)Oc1ccc(O)c(CC2CCCCC2)c1. The molecule has 2 nitrogen and oxygen atoms in total. The summed E-state index contributed by atoms with van der Waals surface area (Å²) in [4.78, 5) is 0. The van der Waals surface area contributed by atoms with Crippen molar-refractivity contribution in [2.24, 2.45) is 5.92 Å². The van der Waals surface area contributed by atoms with Gasteiger partial charge in [-0.2, -0.15) is 0 Å². The molecule has 2 heteroatoms. The summed E-state index contributed by atoms with van der Waals surface area (Å²) < 4.78 is 5.69. The van der Waals surface area contributed by atoms with Gasteiger partial charge in [-0.05, 0) is 49.9 Å². The molecule has 0 amide bonds. The van der Waals surface area contributed by atoms with Crippen molar-refractivity contribution >= 4 is 0 Å². The van der Waals surface area contributed by atoms with E-state index in [4.69, 9.17) is 4.74 Å². The zero-order valence-corrected chi connectivity index (χ0v) is 11.5. The van der Waals surface area contributed by atoms with E-state index >= 15 is 0 Å². The molecule has 0 saturated heterocycles. The molecule has 0 aromatic heterocycles. The molecule has 2 rings (SSSR count). The molecule has 0 radical (unpaired) electrons. The Morgan fingerprint density at radius 3 is 2.61 bits per heavy atom. The van der Waals surface area contributed by atoms with Crippen LogP contribution >= 0.6 is 0 Å². The Balaban J connectivity index is 2.05. The number of rotatable bonds is 4. The van der Waals surface area contributed by atoms with Gasteiger partial charge < -0.3 is 9.84 Å². The first-order valence-corrected chi connectivity index (χ1v) is 7.13. The minimum absolute atomic E-state index is 0.178. The second kappa shape index (κ2) is 6.12. The van der Waals surface area contributed by atoms with Gasteiger partial charge in [-0.15, -0.1) is 0 Å². The van der Waals surface area contributed by atoms with Gasteiger partial charge in [0.1, 0.15) is 11.5 Å². The Hall–Kier alpha value is -1.18. The zero-order chi connectivity index (χ0) is 13.0. The highest BCUT2D eigenvalue weighted by Crippen LogP contribution is 2.31. The summed E-state index contributed by atoms with van der Waals surface area (Å²) in [6.45, 7) is 4.04. The molecule has 1 aromatic rings. The second-order valence-electron chi connectivity index (χ2n) is 5.67.